The third kappa shape index (κ3) is 3.86. The Balaban J connectivity index is 1.84. The zero-order valence-electron chi connectivity index (χ0n) is 14.8. The summed E-state index contributed by atoms with van der Waals surface area (Å²) in [4.78, 5) is 14.4. The minimum Gasteiger partial charge on any atom is -0.337 e. The van der Waals surface area contributed by atoms with Gasteiger partial charge in [0.05, 0.1) is 11.9 Å². The molecular weight excluding hydrogens is 372 g/mol. The Bertz CT molecular complexity index is 944. The fraction of sp³-hybridized carbons (Fsp3) is 0.316. The van der Waals surface area contributed by atoms with Crippen LogP contribution < -0.4 is 4.31 Å². The molecule has 0 N–H and O–H groups in total. The lowest BCUT2D eigenvalue weighted by Gasteiger charge is -2.29. The van der Waals surface area contributed by atoms with Gasteiger partial charge in [-0.05, 0) is 48.2 Å². The summed E-state index contributed by atoms with van der Waals surface area (Å²) in [5.74, 6) is -0.121. The van der Waals surface area contributed by atoms with Crippen LogP contribution in [-0.2, 0) is 23.0 Å². The fourth-order valence-corrected chi connectivity index (χ4v) is 4.41. The maximum absolute atomic E-state index is 12.8. The third-order valence-corrected chi connectivity index (χ3v) is 6.06. The molecule has 0 fully saturated rings. The molecule has 1 aliphatic heterocycles. The molecule has 26 heavy (non-hydrogen) atoms. The minimum atomic E-state index is -3.31. The minimum absolute atomic E-state index is 0.121. The van der Waals surface area contributed by atoms with E-state index in [9.17, 15) is 13.2 Å². The lowest BCUT2D eigenvalue weighted by atomic mass is 10.00. The van der Waals surface area contributed by atoms with E-state index in [2.05, 4.69) is 0 Å². The molecule has 3 rings (SSSR count). The zero-order chi connectivity index (χ0) is 18.9. The molecular formula is C19H21ClN2O3S. The van der Waals surface area contributed by atoms with Crippen molar-refractivity contribution >= 4 is 33.2 Å². The van der Waals surface area contributed by atoms with Crippen LogP contribution in [0.1, 0.15) is 27.9 Å². The second-order valence-corrected chi connectivity index (χ2v) is 8.85. The molecule has 0 unspecified atom stereocenters. The summed E-state index contributed by atoms with van der Waals surface area (Å²) in [5, 5.41) is 0.626. The molecule has 0 aliphatic carbocycles. The van der Waals surface area contributed by atoms with Crippen molar-refractivity contribution in [2.75, 3.05) is 24.2 Å². The SMILES string of the molecule is CN(Cc1ccccc1Cl)C(=O)c1ccc2c(c1)CCCN2S(C)(=O)=O. The molecule has 0 aromatic heterocycles. The van der Waals surface area contributed by atoms with Crippen LogP contribution in [0.5, 0.6) is 0 Å². The average Bonchev–Trinajstić information content (AvgIpc) is 2.61. The zero-order valence-corrected chi connectivity index (χ0v) is 16.3. The van der Waals surface area contributed by atoms with E-state index < -0.39 is 10.0 Å². The predicted octanol–water partition coefficient (Wildman–Crippen LogP) is 3.32. The van der Waals surface area contributed by atoms with Crippen molar-refractivity contribution < 1.29 is 13.2 Å². The van der Waals surface area contributed by atoms with E-state index in [1.54, 1.807) is 36.2 Å². The van der Waals surface area contributed by atoms with E-state index in [-0.39, 0.29) is 5.91 Å². The first-order chi connectivity index (χ1) is 12.3. The van der Waals surface area contributed by atoms with Crippen molar-refractivity contribution in [1.29, 1.82) is 0 Å². The highest BCUT2D eigenvalue weighted by Crippen LogP contribution is 2.30. The number of carbonyl (C=O) groups is 1. The van der Waals surface area contributed by atoms with E-state index in [0.717, 1.165) is 24.0 Å². The van der Waals surface area contributed by atoms with Gasteiger partial charge in [0.15, 0.2) is 0 Å². The maximum atomic E-state index is 12.8. The molecule has 5 nitrogen and oxygen atoms in total. The third-order valence-electron chi connectivity index (χ3n) is 4.51. The first kappa shape index (κ1) is 18.7. The Hall–Kier alpha value is -2.05. The number of amides is 1. The maximum Gasteiger partial charge on any atom is 0.253 e. The number of fused-ring (bicyclic) bond motifs is 1. The van der Waals surface area contributed by atoms with Gasteiger partial charge in [-0.2, -0.15) is 0 Å². The van der Waals surface area contributed by atoms with Crippen LogP contribution >= 0.6 is 11.6 Å². The van der Waals surface area contributed by atoms with Crippen LogP contribution in [0.3, 0.4) is 0 Å². The number of carbonyl (C=O) groups excluding carboxylic acids is 1. The second-order valence-electron chi connectivity index (χ2n) is 6.53. The van der Waals surface area contributed by atoms with Crippen LogP contribution in [0.4, 0.5) is 5.69 Å². The number of hydrogen-bond acceptors (Lipinski definition) is 3. The van der Waals surface area contributed by atoms with E-state index in [1.165, 1.54) is 10.6 Å². The molecule has 1 aliphatic rings. The Morgan fingerprint density at radius 1 is 1.23 bits per heavy atom. The quantitative estimate of drug-likeness (QED) is 0.801. The summed E-state index contributed by atoms with van der Waals surface area (Å²) in [6.07, 6.45) is 2.71. The highest BCUT2D eigenvalue weighted by atomic mass is 35.5. The van der Waals surface area contributed by atoms with Gasteiger partial charge < -0.3 is 4.90 Å². The molecule has 2 aromatic rings. The Kier molecular flexibility index (Phi) is 5.25. The van der Waals surface area contributed by atoms with Crippen LogP contribution in [0.2, 0.25) is 5.02 Å². The van der Waals surface area contributed by atoms with Crippen molar-refractivity contribution in [3.05, 3.63) is 64.2 Å². The Labute approximate surface area is 159 Å². The number of anilines is 1. The number of hydrogen-bond donors (Lipinski definition) is 0. The van der Waals surface area contributed by atoms with Gasteiger partial charge in [0.2, 0.25) is 10.0 Å². The smallest absolute Gasteiger partial charge is 0.253 e. The molecule has 0 bridgehead atoms. The van der Waals surface area contributed by atoms with E-state index >= 15 is 0 Å². The van der Waals surface area contributed by atoms with Crippen molar-refractivity contribution in [2.45, 2.75) is 19.4 Å². The summed E-state index contributed by atoms with van der Waals surface area (Å²) >= 11 is 6.17. The average molecular weight is 393 g/mol. The van der Waals surface area contributed by atoms with Crippen LogP contribution in [0.25, 0.3) is 0 Å². The predicted molar refractivity (Wildman–Crippen MR) is 104 cm³/mol. The van der Waals surface area contributed by atoms with Gasteiger partial charge in [-0.15, -0.1) is 0 Å². The second kappa shape index (κ2) is 7.29. The van der Waals surface area contributed by atoms with Gasteiger partial charge in [0, 0.05) is 30.7 Å². The molecule has 138 valence electrons. The number of halogens is 1. The molecule has 0 spiro atoms. The summed E-state index contributed by atoms with van der Waals surface area (Å²) in [5.41, 5.74) is 2.99. The summed E-state index contributed by atoms with van der Waals surface area (Å²) in [6.45, 7) is 0.886. The van der Waals surface area contributed by atoms with E-state index in [0.29, 0.717) is 29.4 Å². The monoisotopic (exact) mass is 392 g/mol. The topological polar surface area (TPSA) is 57.7 Å². The van der Waals surface area contributed by atoms with Gasteiger partial charge in [0.25, 0.3) is 5.91 Å². The van der Waals surface area contributed by atoms with Gasteiger partial charge in [-0.1, -0.05) is 29.8 Å². The molecule has 7 heteroatoms. The highest BCUT2D eigenvalue weighted by molar-refractivity contribution is 7.92. The molecule has 0 radical (unpaired) electrons. The standard InChI is InChI=1S/C19H21ClN2O3S/c1-21(13-16-6-3-4-8-17(16)20)19(23)15-9-10-18-14(12-15)7-5-11-22(18)26(2,24)25/h3-4,6,8-10,12H,5,7,11,13H2,1-2H3. The summed E-state index contributed by atoms with van der Waals surface area (Å²) in [6, 6.07) is 12.7. The van der Waals surface area contributed by atoms with Crippen molar-refractivity contribution in [3.63, 3.8) is 0 Å². The van der Waals surface area contributed by atoms with Gasteiger partial charge >= 0.3 is 0 Å². The van der Waals surface area contributed by atoms with E-state index in [4.69, 9.17) is 11.6 Å². The highest BCUT2D eigenvalue weighted by Gasteiger charge is 2.25. The van der Waals surface area contributed by atoms with Crippen molar-refractivity contribution in [3.8, 4) is 0 Å². The Morgan fingerprint density at radius 2 is 1.96 bits per heavy atom. The summed E-state index contributed by atoms with van der Waals surface area (Å²) in [7, 11) is -1.58. The first-order valence-electron chi connectivity index (χ1n) is 8.37. The number of aryl methyl sites for hydroxylation is 1. The van der Waals surface area contributed by atoms with Crippen molar-refractivity contribution in [2.24, 2.45) is 0 Å². The van der Waals surface area contributed by atoms with Gasteiger partial charge in [-0.25, -0.2) is 8.42 Å². The van der Waals surface area contributed by atoms with Crippen LogP contribution in [0.15, 0.2) is 42.5 Å². The van der Waals surface area contributed by atoms with E-state index in [1.807, 2.05) is 18.2 Å². The molecule has 0 saturated heterocycles. The normalized spacial score (nSPS) is 14.0. The first-order valence-corrected chi connectivity index (χ1v) is 10.6. The largest absolute Gasteiger partial charge is 0.337 e. The lowest BCUT2D eigenvalue weighted by Crippen LogP contribution is -2.35. The van der Waals surface area contributed by atoms with Crippen LogP contribution in [-0.4, -0.2) is 39.1 Å². The molecule has 2 aromatic carbocycles. The number of rotatable bonds is 4. The summed E-state index contributed by atoms with van der Waals surface area (Å²) < 4.78 is 25.3. The van der Waals surface area contributed by atoms with Gasteiger partial charge in [0.1, 0.15) is 0 Å². The number of nitrogens with zero attached hydrogens (tertiary/aromatic N) is 2. The molecule has 1 heterocycles. The fourth-order valence-electron chi connectivity index (χ4n) is 3.21. The van der Waals surface area contributed by atoms with Gasteiger partial charge in [-0.3, -0.25) is 9.10 Å². The number of benzene rings is 2. The molecule has 1 amide bonds. The molecule has 0 saturated carbocycles. The van der Waals surface area contributed by atoms with Crippen LogP contribution in [0, 0.1) is 0 Å². The molecule has 0 atom stereocenters. The lowest BCUT2D eigenvalue weighted by molar-refractivity contribution is 0.0785. The number of sulfonamides is 1. The van der Waals surface area contributed by atoms with Crippen molar-refractivity contribution in [1.82, 2.24) is 4.90 Å². The Morgan fingerprint density at radius 3 is 2.65 bits per heavy atom.